The molecule has 3 unspecified atom stereocenters. The van der Waals surface area contributed by atoms with E-state index in [0.717, 1.165) is 18.6 Å². The number of carbonyl (C=O) groups is 1. The number of hydrogen-bond donors (Lipinski definition) is 2. The zero-order valence-corrected chi connectivity index (χ0v) is 18.7. The lowest BCUT2D eigenvalue weighted by atomic mass is 9.92. The molecule has 3 atom stereocenters. The third-order valence-corrected chi connectivity index (χ3v) is 7.68. The minimum Gasteiger partial charge on any atom is -0.369 e. The number of aromatic nitrogens is 1. The Kier molecular flexibility index (Phi) is 6.79. The van der Waals surface area contributed by atoms with E-state index in [1.165, 1.54) is 12.3 Å². The van der Waals surface area contributed by atoms with Gasteiger partial charge < -0.3 is 10.4 Å². The van der Waals surface area contributed by atoms with Crippen LogP contribution in [0.5, 0.6) is 0 Å². The highest BCUT2D eigenvalue weighted by Crippen LogP contribution is 2.50. The number of nitrogens with one attached hydrogen (secondary N) is 1. The van der Waals surface area contributed by atoms with Gasteiger partial charge in [-0.3, -0.25) is 9.00 Å². The summed E-state index contributed by atoms with van der Waals surface area (Å²) in [6.45, 7) is 2.07. The molecule has 1 fully saturated rings. The molecular weight excluding hydrogens is 486 g/mol. The Hall–Kier alpha value is -2.60. The van der Waals surface area contributed by atoms with Crippen LogP contribution in [0.1, 0.15) is 24.5 Å². The van der Waals surface area contributed by atoms with E-state index < -0.39 is 38.9 Å². The van der Waals surface area contributed by atoms with Crippen molar-refractivity contribution < 1.29 is 40.5 Å². The summed E-state index contributed by atoms with van der Waals surface area (Å²) in [6, 6.07) is 5.62. The largest absolute Gasteiger partial charge is 0.430 e. The normalized spacial score (nSPS) is 20.5. The molecule has 2 aromatic rings. The van der Waals surface area contributed by atoms with Crippen LogP contribution in [0.15, 0.2) is 47.6 Å². The van der Waals surface area contributed by atoms with E-state index in [1.807, 2.05) is 0 Å². The van der Waals surface area contributed by atoms with Gasteiger partial charge in [-0.1, -0.05) is 25.1 Å². The molecule has 3 rings (SSSR count). The molecule has 0 bridgehead atoms. The van der Waals surface area contributed by atoms with E-state index in [-0.39, 0.29) is 12.1 Å². The Labute approximate surface area is 192 Å². The quantitative estimate of drug-likeness (QED) is 0.432. The van der Waals surface area contributed by atoms with Gasteiger partial charge in [-0.05, 0) is 47.9 Å². The molecular formula is C22H22F6N2O3S. The Morgan fingerprint density at radius 2 is 1.68 bits per heavy atom. The summed E-state index contributed by atoms with van der Waals surface area (Å²) in [4.78, 5) is 16.4. The summed E-state index contributed by atoms with van der Waals surface area (Å²) in [5.74, 6) is 4.48. The van der Waals surface area contributed by atoms with Gasteiger partial charge in [-0.2, -0.15) is 26.3 Å². The van der Waals surface area contributed by atoms with Crippen molar-refractivity contribution in [2.24, 2.45) is 11.8 Å². The Bertz CT molecular complexity index is 1130. The average Bonchev–Trinajstić information content (AvgIpc) is 3.40. The van der Waals surface area contributed by atoms with Crippen LogP contribution in [0.3, 0.4) is 0 Å². The van der Waals surface area contributed by atoms with Crippen LogP contribution < -0.4 is 5.32 Å². The minimum absolute atomic E-state index is 0.0654. The van der Waals surface area contributed by atoms with Gasteiger partial charge in [0.15, 0.2) is 0 Å². The maximum atomic E-state index is 13.0. The summed E-state index contributed by atoms with van der Waals surface area (Å²) < 4.78 is 90.5. The molecule has 1 aromatic carbocycles. The number of hydrogen-bond acceptors (Lipinski definition) is 4. The molecule has 2 N–H and O–H groups in total. The Morgan fingerprint density at radius 1 is 1.12 bits per heavy atom. The van der Waals surface area contributed by atoms with Crippen molar-refractivity contribution in [2.45, 2.75) is 42.7 Å². The lowest BCUT2D eigenvalue weighted by molar-refractivity contribution is -0.376. The van der Waals surface area contributed by atoms with Gasteiger partial charge in [0.1, 0.15) is 5.03 Å². The first kappa shape index (κ1) is 26.0. The van der Waals surface area contributed by atoms with E-state index in [2.05, 4.69) is 23.1 Å². The average molecular weight is 508 g/mol. The van der Waals surface area contributed by atoms with E-state index in [9.17, 15) is 40.5 Å². The van der Waals surface area contributed by atoms with E-state index in [1.54, 1.807) is 6.07 Å². The molecule has 1 aliphatic rings. The van der Waals surface area contributed by atoms with Crippen LogP contribution in [0.2, 0.25) is 0 Å². The predicted octanol–water partition coefficient (Wildman–Crippen LogP) is 4.31. The summed E-state index contributed by atoms with van der Waals surface area (Å²) in [5, 5.41) is 12.1. The summed E-state index contributed by atoms with van der Waals surface area (Å²) in [6.07, 6.45) is -9.82. The monoisotopic (exact) mass is 508 g/mol. The molecule has 0 saturated heterocycles. The lowest BCUT2D eigenvalue weighted by Gasteiger charge is -2.32. The number of nitrogens with zero attached hydrogens (tertiary/aromatic N) is 1. The topological polar surface area (TPSA) is 79.3 Å². The number of amides is 1. The maximum Gasteiger partial charge on any atom is 0.430 e. The number of carbonyl (C=O) groups excluding carboxylic acids is 1. The highest BCUT2D eigenvalue weighted by atomic mass is 32.2. The molecule has 1 heterocycles. The molecule has 1 amide bonds. The second-order valence-electron chi connectivity index (χ2n) is 8.46. The number of halogens is 6. The minimum atomic E-state index is -6.00. The smallest absolute Gasteiger partial charge is 0.369 e. The lowest BCUT2D eigenvalue weighted by Crippen LogP contribution is -2.53. The molecule has 0 aliphatic heterocycles. The zero-order valence-electron chi connectivity index (χ0n) is 17.9. The van der Waals surface area contributed by atoms with Crippen LogP contribution in [0.4, 0.5) is 32.0 Å². The molecule has 34 heavy (non-hydrogen) atoms. The molecule has 5 nitrogen and oxygen atoms in total. The second-order valence-corrected chi connectivity index (χ2v) is 10.8. The molecule has 12 heteroatoms. The molecule has 186 valence electrons. The van der Waals surface area contributed by atoms with Crippen LogP contribution >= 0.6 is 0 Å². The molecule has 1 aromatic heterocycles. The number of alkyl halides is 6. The molecule has 1 saturated carbocycles. The fourth-order valence-electron chi connectivity index (χ4n) is 3.47. The van der Waals surface area contributed by atoms with E-state index in [0.29, 0.717) is 40.3 Å². The van der Waals surface area contributed by atoms with Gasteiger partial charge in [0, 0.05) is 32.7 Å². The summed E-state index contributed by atoms with van der Waals surface area (Å²) in [5.41, 5.74) is -6.08. The highest BCUT2D eigenvalue weighted by Gasteiger charge is 2.71. The summed E-state index contributed by atoms with van der Waals surface area (Å²) >= 11 is 0. The van der Waals surface area contributed by atoms with Gasteiger partial charge in [-0.15, -0.1) is 0 Å². The van der Waals surface area contributed by atoms with Crippen LogP contribution in [0.25, 0.3) is 0 Å². The number of anilines is 1. The summed E-state index contributed by atoms with van der Waals surface area (Å²) in [7, 11) is -2.55. The zero-order chi connectivity index (χ0) is 25.5. The third-order valence-electron chi connectivity index (χ3n) is 5.71. The maximum absolute atomic E-state index is 13.0. The van der Waals surface area contributed by atoms with Crippen molar-refractivity contribution in [3.05, 3.63) is 53.7 Å². The van der Waals surface area contributed by atoms with Gasteiger partial charge in [0.2, 0.25) is 5.91 Å². The second kappa shape index (κ2) is 8.88. The molecule has 0 spiro atoms. The predicted molar refractivity (Wildman–Crippen MR) is 115 cm³/mol. The SMILES string of the molecule is C=S(=O)(CC1CC1C)c1ccc(CC(=O)Nc2ccc(C(O)(C(F)(F)F)C(F)(F)F)cc2)cn1. The standard InChI is InChI=1S/C22H22F6N2O3S/c1-13-9-15(13)12-34(2,33)19-8-3-14(11-29-19)10-18(31)30-17-6-4-16(5-7-17)20(32,21(23,24)25)22(26,27)28/h3-8,11,13,15,32H,2,9-10,12H2,1H3,(H,30,31). The number of rotatable bonds is 7. The van der Waals surface area contributed by atoms with Gasteiger partial charge in [-0.25, -0.2) is 4.98 Å². The third kappa shape index (κ3) is 5.38. The van der Waals surface area contributed by atoms with E-state index >= 15 is 0 Å². The van der Waals surface area contributed by atoms with Crippen LogP contribution in [-0.2, 0) is 26.3 Å². The number of benzene rings is 1. The number of pyridine rings is 1. The Morgan fingerprint density at radius 3 is 2.12 bits per heavy atom. The van der Waals surface area contributed by atoms with Crippen molar-refractivity contribution in [1.29, 1.82) is 0 Å². The first-order valence-electron chi connectivity index (χ1n) is 10.1. The van der Waals surface area contributed by atoms with Gasteiger partial charge in [0.05, 0.1) is 6.42 Å². The molecule has 0 radical (unpaired) electrons. The van der Waals surface area contributed by atoms with Crippen molar-refractivity contribution in [3.8, 4) is 0 Å². The van der Waals surface area contributed by atoms with Crippen molar-refractivity contribution >= 4 is 27.0 Å². The van der Waals surface area contributed by atoms with Crippen molar-refractivity contribution in [2.75, 3.05) is 11.1 Å². The fraction of sp³-hybridized carbons (Fsp3) is 0.409. The number of aliphatic hydroxyl groups is 1. The Balaban J connectivity index is 1.65. The highest BCUT2D eigenvalue weighted by molar-refractivity contribution is 8.00. The molecule has 1 aliphatic carbocycles. The van der Waals surface area contributed by atoms with Gasteiger partial charge in [0.25, 0.3) is 5.60 Å². The fourth-order valence-corrected chi connectivity index (χ4v) is 5.36. The van der Waals surface area contributed by atoms with E-state index in [4.69, 9.17) is 0 Å². The van der Waals surface area contributed by atoms with Crippen molar-refractivity contribution in [1.82, 2.24) is 4.98 Å². The first-order valence-corrected chi connectivity index (χ1v) is 12.0. The van der Waals surface area contributed by atoms with Crippen molar-refractivity contribution in [3.63, 3.8) is 0 Å². The van der Waals surface area contributed by atoms with Crippen LogP contribution in [-0.4, -0.2) is 44.2 Å². The first-order chi connectivity index (χ1) is 15.5. The van der Waals surface area contributed by atoms with Crippen LogP contribution in [0, 0.1) is 11.8 Å². The van der Waals surface area contributed by atoms with Gasteiger partial charge >= 0.3 is 12.4 Å².